The third-order valence-electron chi connectivity index (χ3n) is 3.18. The summed E-state index contributed by atoms with van der Waals surface area (Å²) in [5.41, 5.74) is 1.45. The van der Waals surface area contributed by atoms with Crippen molar-refractivity contribution in [1.29, 1.82) is 0 Å². The molecular formula is C12H11N3O4. The summed E-state index contributed by atoms with van der Waals surface area (Å²) in [7, 11) is 0. The standard InChI is InChI=1S/C12H11N3O4/c16-11(10-2-1-3-19-10)15-5-8-7(13-6-14-8)4-9(15)12(17)18/h1-3,6,9H,4-5H2,(H,13,14)(H,17,18). The highest BCUT2D eigenvalue weighted by Crippen LogP contribution is 2.23. The van der Waals surface area contributed by atoms with Crippen molar-refractivity contribution in [3.05, 3.63) is 41.9 Å². The van der Waals surface area contributed by atoms with Crippen LogP contribution in [0.5, 0.6) is 0 Å². The van der Waals surface area contributed by atoms with Crippen molar-refractivity contribution in [2.45, 2.75) is 19.0 Å². The number of hydrogen-bond donors (Lipinski definition) is 2. The molecule has 1 unspecified atom stereocenters. The number of aromatic nitrogens is 2. The number of fused-ring (bicyclic) bond motifs is 1. The van der Waals surface area contributed by atoms with Gasteiger partial charge in [-0.15, -0.1) is 0 Å². The molecule has 3 heterocycles. The van der Waals surface area contributed by atoms with Gasteiger partial charge in [0.2, 0.25) is 0 Å². The fraction of sp³-hybridized carbons (Fsp3) is 0.250. The first-order valence-corrected chi connectivity index (χ1v) is 5.75. The van der Waals surface area contributed by atoms with Crippen LogP contribution in [0.3, 0.4) is 0 Å². The molecule has 1 atom stereocenters. The molecule has 1 aliphatic heterocycles. The number of carboxylic acid groups (broad SMARTS) is 1. The van der Waals surface area contributed by atoms with E-state index in [2.05, 4.69) is 9.97 Å². The third-order valence-corrected chi connectivity index (χ3v) is 3.18. The van der Waals surface area contributed by atoms with E-state index in [9.17, 15) is 14.7 Å². The van der Waals surface area contributed by atoms with Gasteiger partial charge in [-0.2, -0.15) is 0 Å². The van der Waals surface area contributed by atoms with Gasteiger partial charge in [0.15, 0.2) is 5.76 Å². The number of aliphatic carboxylic acids is 1. The molecule has 19 heavy (non-hydrogen) atoms. The number of amides is 1. The Morgan fingerprint density at radius 2 is 2.37 bits per heavy atom. The molecule has 98 valence electrons. The first-order chi connectivity index (χ1) is 9.16. The lowest BCUT2D eigenvalue weighted by atomic mass is 10.0. The number of aromatic amines is 1. The van der Waals surface area contributed by atoms with Crippen LogP contribution in [0.25, 0.3) is 0 Å². The summed E-state index contributed by atoms with van der Waals surface area (Å²) < 4.78 is 5.04. The second-order valence-electron chi connectivity index (χ2n) is 4.30. The zero-order chi connectivity index (χ0) is 13.4. The summed E-state index contributed by atoms with van der Waals surface area (Å²) in [6, 6.07) is 2.19. The predicted molar refractivity (Wildman–Crippen MR) is 62.3 cm³/mol. The molecular weight excluding hydrogens is 250 g/mol. The number of carbonyl (C=O) groups is 2. The molecule has 0 saturated heterocycles. The van der Waals surface area contributed by atoms with Gasteiger partial charge < -0.3 is 19.4 Å². The van der Waals surface area contributed by atoms with Gasteiger partial charge in [-0.05, 0) is 12.1 Å². The molecule has 3 rings (SSSR count). The Hall–Kier alpha value is -2.57. The molecule has 0 radical (unpaired) electrons. The average molecular weight is 261 g/mol. The van der Waals surface area contributed by atoms with Gasteiger partial charge in [-0.3, -0.25) is 4.79 Å². The number of furan rings is 1. The van der Waals surface area contributed by atoms with Crippen LogP contribution in [0, 0.1) is 0 Å². The molecule has 7 heteroatoms. The van der Waals surface area contributed by atoms with E-state index in [1.54, 1.807) is 6.07 Å². The molecule has 0 aliphatic carbocycles. The van der Waals surface area contributed by atoms with E-state index in [0.29, 0.717) is 5.69 Å². The Kier molecular flexibility index (Phi) is 2.59. The quantitative estimate of drug-likeness (QED) is 0.827. The molecule has 2 N–H and O–H groups in total. The van der Waals surface area contributed by atoms with E-state index in [4.69, 9.17) is 4.42 Å². The molecule has 0 aromatic carbocycles. The van der Waals surface area contributed by atoms with Gasteiger partial charge in [-0.1, -0.05) is 0 Å². The number of hydrogen-bond acceptors (Lipinski definition) is 4. The Morgan fingerprint density at radius 1 is 1.53 bits per heavy atom. The maximum atomic E-state index is 12.2. The first-order valence-electron chi connectivity index (χ1n) is 5.75. The molecule has 1 amide bonds. The van der Waals surface area contributed by atoms with Gasteiger partial charge in [0.1, 0.15) is 6.04 Å². The number of nitrogens with zero attached hydrogens (tertiary/aromatic N) is 2. The zero-order valence-corrected chi connectivity index (χ0v) is 9.87. The molecule has 0 spiro atoms. The second-order valence-corrected chi connectivity index (χ2v) is 4.30. The van der Waals surface area contributed by atoms with E-state index in [1.807, 2.05) is 0 Å². The van der Waals surface area contributed by atoms with E-state index in [1.165, 1.54) is 23.6 Å². The number of carbonyl (C=O) groups excluding carboxylic acids is 1. The fourth-order valence-corrected chi connectivity index (χ4v) is 2.21. The maximum Gasteiger partial charge on any atom is 0.326 e. The summed E-state index contributed by atoms with van der Waals surface area (Å²) in [6.07, 6.45) is 3.08. The van der Waals surface area contributed by atoms with Crippen LogP contribution < -0.4 is 0 Å². The van der Waals surface area contributed by atoms with E-state index >= 15 is 0 Å². The normalized spacial score (nSPS) is 18.1. The number of H-pyrrole nitrogens is 1. The SMILES string of the molecule is O=C(O)C1Cc2nc[nH]c2CN1C(=O)c1ccco1. The first kappa shape index (κ1) is 11.5. The van der Waals surface area contributed by atoms with E-state index < -0.39 is 17.9 Å². The van der Waals surface area contributed by atoms with Crippen molar-refractivity contribution in [2.75, 3.05) is 0 Å². The summed E-state index contributed by atoms with van der Waals surface area (Å²) in [5, 5.41) is 9.26. The van der Waals surface area contributed by atoms with Crippen LogP contribution in [0.1, 0.15) is 21.9 Å². The number of imidazole rings is 1. The van der Waals surface area contributed by atoms with E-state index in [-0.39, 0.29) is 18.7 Å². The lowest BCUT2D eigenvalue weighted by Gasteiger charge is -2.31. The Labute approximate surface area is 107 Å². The number of nitrogens with one attached hydrogen (secondary N) is 1. The van der Waals surface area contributed by atoms with Crippen molar-refractivity contribution in [2.24, 2.45) is 0 Å². The van der Waals surface area contributed by atoms with Crippen molar-refractivity contribution >= 4 is 11.9 Å². The largest absolute Gasteiger partial charge is 0.480 e. The molecule has 0 saturated carbocycles. The highest BCUT2D eigenvalue weighted by molar-refractivity contribution is 5.94. The molecule has 2 aromatic rings. The molecule has 0 fully saturated rings. The molecule has 1 aliphatic rings. The van der Waals surface area contributed by atoms with Gasteiger partial charge in [-0.25, -0.2) is 9.78 Å². The van der Waals surface area contributed by atoms with Crippen LogP contribution in [-0.2, 0) is 17.8 Å². The van der Waals surface area contributed by atoms with Gasteiger partial charge >= 0.3 is 5.97 Å². The fourth-order valence-electron chi connectivity index (χ4n) is 2.21. The minimum atomic E-state index is -1.05. The Bertz CT molecular complexity index is 617. The summed E-state index contributed by atoms with van der Waals surface area (Å²) in [5.74, 6) is -1.35. The van der Waals surface area contributed by atoms with Crippen LogP contribution in [0.15, 0.2) is 29.1 Å². The Balaban J connectivity index is 1.95. The summed E-state index contributed by atoms with van der Waals surface area (Å²) >= 11 is 0. The van der Waals surface area contributed by atoms with Gasteiger partial charge in [0.05, 0.1) is 30.5 Å². The molecule has 7 nitrogen and oxygen atoms in total. The van der Waals surface area contributed by atoms with E-state index in [0.717, 1.165) is 5.69 Å². The molecule has 2 aromatic heterocycles. The van der Waals surface area contributed by atoms with Crippen LogP contribution in [0.4, 0.5) is 0 Å². The summed E-state index contributed by atoms with van der Waals surface area (Å²) in [6.45, 7) is 0.186. The minimum absolute atomic E-state index is 0.134. The third kappa shape index (κ3) is 1.88. The predicted octanol–water partition coefficient (Wildman–Crippen LogP) is 0.654. The molecule has 0 bridgehead atoms. The van der Waals surface area contributed by atoms with Crippen molar-refractivity contribution in [3.63, 3.8) is 0 Å². The van der Waals surface area contributed by atoms with Crippen molar-refractivity contribution in [3.8, 4) is 0 Å². The van der Waals surface area contributed by atoms with Gasteiger partial charge in [0.25, 0.3) is 5.91 Å². The minimum Gasteiger partial charge on any atom is -0.480 e. The van der Waals surface area contributed by atoms with Crippen LogP contribution in [-0.4, -0.2) is 37.9 Å². The summed E-state index contributed by atoms with van der Waals surface area (Å²) in [4.78, 5) is 31.8. The lowest BCUT2D eigenvalue weighted by molar-refractivity contribution is -0.142. The van der Waals surface area contributed by atoms with Crippen molar-refractivity contribution in [1.82, 2.24) is 14.9 Å². The van der Waals surface area contributed by atoms with Crippen LogP contribution >= 0.6 is 0 Å². The smallest absolute Gasteiger partial charge is 0.326 e. The average Bonchev–Trinajstić information content (AvgIpc) is 3.06. The zero-order valence-electron chi connectivity index (χ0n) is 9.87. The maximum absolute atomic E-state index is 12.2. The Morgan fingerprint density at radius 3 is 3.05 bits per heavy atom. The highest BCUT2D eigenvalue weighted by Gasteiger charge is 2.37. The number of carboxylic acids is 1. The second kappa shape index (κ2) is 4.27. The monoisotopic (exact) mass is 261 g/mol. The lowest BCUT2D eigenvalue weighted by Crippen LogP contribution is -2.48. The topological polar surface area (TPSA) is 99.4 Å². The number of rotatable bonds is 2. The van der Waals surface area contributed by atoms with Gasteiger partial charge in [0, 0.05) is 6.42 Å². The highest BCUT2D eigenvalue weighted by atomic mass is 16.4. The van der Waals surface area contributed by atoms with Crippen LogP contribution in [0.2, 0.25) is 0 Å². The van der Waals surface area contributed by atoms with Crippen molar-refractivity contribution < 1.29 is 19.1 Å².